The summed E-state index contributed by atoms with van der Waals surface area (Å²) >= 11 is 0. The highest BCUT2D eigenvalue weighted by atomic mass is 28.3. The zero-order valence-electron chi connectivity index (χ0n) is 34.2. The third kappa shape index (κ3) is 5.21. The zero-order valence-corrected chi connectivity index (χ0v) is 35.2. The van der Waals surface area contributed by atoms with Crippen LogP contribution in [0.4, 0.5) is 0 Å². The first kappa shape index (κ1) is 35.6. The van der Waals surface area contributed by atoms with E-state index in [1.807, 2.05) is 0 Å². The highest BCUT2D eigenvalue weighted by Crippen LogP contribution is 2.41. The summed E-state index contributed by atoms with van der Waals surface area (Å²) in [6, 6.07) is 83.8. The number of nitrogens with zero attached hydrogens (tertiary/aromatic N) is 4. The fourth-order valence-electron chi connectivity index (χ4n) is 10.6. The molecule has 1 aliphatic heterocycles. The maximum absolute atomic E-state index is 5.71. The Labute approximate surface area is 365 Å². The van der Waals surface area contributed by atoms with Gasteiger partial charge in [-0.1, -0.05) is 182 Å². The van der Waals surface area contributed by atoms with Crippen LogP contribution in [0.1, 0.15) is 0 Å². The smallest absolute Gasteiger partial charge is 0.203 e. The molecule has 0 atom stereocenters. The van der Waals surface area contributed by atoms with Crippen molar-refractivity contribution < 1.29 is 0 Å². The van der Waals surface area contributed by atoms with E-state index < -0.39 is 8.07 Å². The van der Waals surface area contributed by atoms with Crippen LogP contribution in [0.5, 0.6) is 0 Å². The highest BCUT2D eigenvalue weighted by molar-refractivity contribution is 7.21. The molecule has 9 aromatic carbocycles. The molecule has 294 valence electrons. The van der Waals surface area contributed by atoms with Crippen LogP contribution in [0.2, 0.25) is 0 Å². The molecule has 5 heteroatoms. The molecule has 1 aliphatic rings. The van der Waals surface area contributed by atoms with E-state index in [1.165, 1.54) is 59.2 Å². The second-order valence-electron chi connectivity index (χ2n) is 16.5. The number of aromatic nitrogens is 4. The molecule has 3 aromatic heterocycles. The van der Waals surface area contributed by atoms with Gasteiger partial charge in [0.2, 0.25) is 8.07 Å². The summed E-state index contributed by atoms with van der Waals surface area (Å²) in [5, 5.41) is 9.98. The summed E-state index contributed by atoms with van der Waals surface area (Å²) in [4.78, 5) is 11.3. The van der Waals surface area contributed by atoms with Crippen LogP contribution in [0.15, 0.2) is 231 Å². The Hall–Kier alpha value is -8.12. The summed E-state index contributed by atoms with van der Waals surface area (Å²) in [6.07, 6.45) is 0. The van der Waals surface area contributed by atoms with Crippen molar-refractivity contribution in [3.63, 3.8) is 0 Å². The van der Waals surface area contributed by atoms with Gasteiger partial charge in [0.15, 0.2) is 5.82 Å². The monoisotopic (exact) mass is 818 g/mol. The maximum Gasteiger partial charge on any atom is 0.203 e. The Morgan fingerprint density at radius 1 is 0.349 bits per heavy atom. The number of benzene rings is 9. The van der Waals surface area contributed by atoms with Gasteiger partial charge in [0.1, 0.15) is 0 Å². The fraction of sp³-hybridized carbons (Fsp3) is 0. The third-order valence-corrected chi connectivity index (χ3v) is 17.9. The largest absolute Gasteiger partial charge is 0.309 e. The quantitative estimate of drug-likeness (QED) is 0.157. The van der Waals surface area contributed by atoms with Crippen LogP contribution < -0.4 is 20.9 Å². The van der Waals surface area contributed by atoms with Crippen molar-refractivity contribution >= 4 is 72.6 Å². The van der Waals surface area contributed by atoms with E-state index in [0.717, 1.165) is 50.4 Å². The molecule has 0 saturated heterocycles. The lowest BCUT2D eigenvalue weighted by Crippen LogP contribution is -2.73. The van der Waals surface area contributed by atoms with Crippen molar-refractivity contribution in [3.05, 3.63) is 231 Å². The number of hydrogen-bond acceptors (Lipinski definition) is 2. The average Bonchev–Trinajstić information content (AvgIpc) is 3.98. The Kier molecular flexibility index (Phi) is 7.89. The van der Waals surface area contributed by atoms with Crippen LogP contribution in [-0.4, -0.2) is 27.2 Å². The maximum atomic E-state index is 5.71. The normalized spacial score (nSPS) is 12.9. The Morgan fingerprint density at radius 3 is 1.48 bits per heavy atom. The topological polar surface area (TPSA) is 35.6 Å². The number of rotatable bonds is 6. The zero-order chi connectivity index (χ0) is 41.5. The molecule has 4 nitrogen and oxygen atoms in total. The van der Waals surface area contributed by atoms with Gasteiger partial charge in [-0.25, -0.2) is 9.97 Å². The third-order valence-electron chi connectivity index (χ3n) is 13.2. The molecule has 0 spiro atoms. The van der Waals surface area contributed by atoms with Gasteiger partial charge < -0.3 is 9.13 Å². The minimum absolute atomic E-state index is 0.736. The predicted molar refractivity (Wildman–Crippen MR) is 264 cm³/mol. The van der Waals surface area contributed by atoms with Gasteiger partial charge in [-0.2, -0.15) is 0 Å². The number of hydrogen-bond donors (Lipinski definition) is 0. The Balaban J connectivity index is 1.10. The molecule has 0 unspecified atom stereocenters. The second kappa shape index (κ2) is 14.0. The molecule has 63 heavy (non-hydrogen) atoms. The van der Waals surface area contributed by atoms with E-state index in [0.29, 0.717) is 0 Å². The fourth-order valence-corrected chi connectivity index (χ4v) is 15.6. The molecule has 0 bridgehead atoms. The molecule has 0 saturated carbocycles. The van der Waals surface area contributed by atoms with Crippen LogP contribution in [0, 0.1) is 0 Å². The lowest BCUT2D eigenvalue weighted by molar-refractivity contribution is 1.17. The first-order chi connectivity index (χ1) is 31.3. The molecule has 0 N–H and O–H groups in total. The summed E-state index contributed by atoms with van der Waals surface area (Å²) < 4.78 is 4.85. The summed E-state index contributed by atoms with van der Waals surface area (Å²) in [6.45, 7) is 0. The molecule has 0 aliphatic carbocycles. The summed E-state index contributed by atoms with van der Waals surface area (Å²) in [5.41, 5.74) is 12.3. The predicted octanol–water partition coefficient (Wildman–Crippen LogP) is 11.4. The lowest BCUT2D eigenvalue weighted by Gasteiger charge is -2.30. The van der Waals surface area contributed by atoms with Gasteiger partial charge in [-0.15, -0.1) is 0 Å². The van der Waals surface area contributed by atoms with Crippen LogP contribution in [0.3, 0.4) is 0 Å². The van der Waals surface area contributed by atoms with Gasteiger partial charge in [-0.3, -0.25) is 0 Å². The van der Waals surface area contributed by atoms with Crippen molar-refractivity contribution in [3.8, 4) is 45.1 Å². The van der Waals surface area contributed by atoms with Crippen LogP contribution >= 0.6 is 0 Å². The van der Waals surface area contributed by atoms with Crippen LogP contribution in [-0.2, 0) is 0 Å². The number of fused-ring (bicyclic) bond motifs is 9. The van der Waals surface area contributed by atoms with Gasteiger partial charge >= 0.3 is 0 Å². The minimum atomic E-state index is -2.92. The Morgan fingerprint density at radius 2 is 0.841 bits per heavy atom. The minimum Gasteiger partial charge on any atom is -0.309 e. The van der Waals surface area contributed by atoms with Crippen LogP contribution in [0.25, 0.3) is 88.8 Å². The van der Waals surface area contributed by atoms with Gasteiger partial charge in [0.05, 0.1) is 33.1 Å². The van der Waals surface area contributed by atoms with E-state index in [1.54, 1.807) is 0 Å². The molecule has 13 rings (SSSR count). The van der Waals surface area contributed by atoms with Crippen molar-refractivity contribution in [1.82, 2.24) is 19.1 Å². The standard InChI is InChI=1S/C58H38N4Si/c1-5-20-39(21-6-1)57-59-56(55-47-32-15-18-35-54(47)63(58(55)60-57,43-26-9-3-10-27-43)44-28-11-4-12-29-44)40-22-19-25-42(36-40)62-51-34-17-14-31-46(51)49-37-52-48(38-53(49)62)45-30-13-16-33-50(45)61(52)41-23-7-2-8-24-41/h1-38H. The summed E-state index contributed by atoms with van der Waals surface area (Å²) in [7, 11) is -2.92. The van der Waals surface area contributed by atoms with Gasteiger partial charge in [-0.05, 0) is 69.7 Å². The first-order valence-electron chi connectivity index (χ1n) is 21.6. The lowest BCUT2D eigenvalue weighted by atomic mass is 10.00. The SMILES string of the molecule is c1ccc(-c2nc(-c3cccc(-n4c5ccccc5c5cc6c(cc54)c4ccccc4n6-c4ccccc4)c3)c3c(n2)[Si](c2ccccc2)(c2ccccc2)c2ccccc2-3)cc1. The highest BCUT2D eigenvalue weighted by Gasteiger charge is 2.51. The van der Waals surface area contributed by atoms with E-state index >= 15 is 0 Å². The molecular formula is C58H38N4Si. The first-order valence-corrected chi connectivity index (χ1v) is 23.6. The van der Waals surface area contributed by atoms with E-state index in [9.17, 15) is 0 Å². The van der Waals surface area contributed by atoms with Gasteiger partial charge in [0.25, 0.3) is 0 Å². The average molecular weight is 819 g/mol. The molecule has 4 heterocycles. The van der Waals surface area contributed by atoms with Crippen molar-refractivity contribution in [1.29, 1.82) is 0 Å². The molecule has 0 amide bonds. The van der Waals surface area contributed by atoms with Crippen molar-refractivity contribution in [2.24, 2.45) is 0 Å². The van der Waals surface area contributed by atoms with E-state index in [2.05, 4.69) is 240 Å². The van der Waals surface area contributed by atoms with E-state index in [4.69, 9.17) is 9.97 Å². The molecule has 0 radical (unpaired) electrons. The second-order valence-corrected chi connectivity index (χ2v) is 20.2. The van der Waals surface area contributed by atoms with Gasteiger partial charge in [0, 0.05) is 49.6 Å². The molecular weight excluding hydrogens is 781 g/mol. The van der Waals surface area contributed by atoms with Crippen molar-refractivity contribution in [2.75, 3.05) is 0 Å². The molecule has 12 aromatic rings. The summed E-state index contributed by atoms with van der Waals surface area (Å²) in [5.74, 6) is 0.736. The molecule has 0 fully saturated rings. The van der Waals surface area contributed by atoms with Crippen molar-refractivity contribution in [2.45, 2.75) is 0 Å². The Bertz CT molecular complexity index is 3690. The van der Waals surface area contributed by atoms with E-state index in [-0.39, 0.29) is 0 Å². The number of para-hydroxylation sites is 3.